The predicted molar refractivity (Wildman–Crippen MR) is 125 cm³/mol. The molecule has 34 heavy (non-hydrogen) atoms. The molecule has 1 saturated heterocycles. The van der Waals surface area contributed by atoms with E-state index in [1.165, 1.54) is 18.5 Å². The molecule has 4 heterocycles. The summed E-state index contributed by atoms with van der Waals surface area (Å²) in [6.45, 7) is 6.34. The van der Waals surface area contributed by atoms with E-state index in [9.17, 15) is 9.50 Å². The molecule has 0 saturated carbocycles. The van der Waals surface area contributed by atoms with E-state index in [0.717, 1.165) is 40.2 Å². The van der Waals surface area contributed by atoms with Crippen LogP contribution in [0, 0.1) is 19.7 Å². The minimum atomic E-state index is -1.01. The van der Waals surface area contributed by atoms with Crippen molar-refractivity contribution in [2.24, 2.45) is 7.05 Å². The first-order chi connectivity index (χ1) is 16.3. The van der Waals surface area contributed by atoms with Crippen LogP contribution >= 0.6 is 0 Å². The Morgan fingerprint density at radius 3 is 2.53 bits per heavy atom. The van der Waals surface area contributed by atoms with Crippen molar-refractivity contribution in [3.05, 3.63) is 65.0 Å². The van der Waals surface area contributed by atoms with E-state index in [4.69, 9.17) is 4.74 Å². The smallest absolute Gasteiger partial charge is 0.159 e. The predicted octanol–water partition coefficient (Wildman–Crippen LogP) is 3.34. The van der Waals surface area contributed by atoms with Gasteiger partial charge in [-0.3, -0.25) is 4.68 Å². The van der Waals surface area contributed by atoms with E-state index in [0.29, 0.717) is 17.5 Å². The Kier molecular flexibility index (Phi) is 5.41. The van der Waals surface area contributed by atoms with Crippen molar-refractivity contribution in [3.8, 4) is 17.1 Å². The second-order valence-corrected chi connectivity index (χ2v) is 8.53. The van der Waals surface area contributed by atoms with E-state index >= 15 is 0 Å². The Balaban J connectivity index is 1.49. The van der Waals surface area contributed by atoms with Crippen LogP contribution in [0.15, 0.2) is 36.7 Å². The standard InChI is InChI=1S/C24H26FN7O2/c1-5-18-22(16-6-8-17(25)9-7-16)31(4)30-23(18)28-19-10-20(27-13-26-19)32-15(3)21(14(2)29-32)24(33)11-34-12-24/h6-10,13,33H,5,11-12H2,1-4H3,(H,26,27,28,30). The Morgan fingerprint density at radius 2 is 1.88 bits per heavy atom. The Labute approximate surface area is 196 Å². The summed E-state index contributed by atoms with van der Waals surface area (Å²) in [5.41, 5.74) is 4.10. The zero-order valence-corrected chi connectivity index (χ0v) is 19.5. The summed E-state index contributed by atoms with van der Waals surface area (Å²) >= 11 is 0. The number of nitrogens with zero attached hydrogens (tertiary/aromatic N) is 6. The average Bonchev–Trinajstić information content (AvgIpc) is 3.27. The van der Waals surface area contributed by atoms with Crippen LogP contribution in [-0.2, 0) is 23.8 Å². The van der Waals surface area contributed by atoms with Gasteiger partial charge in [-0.2, -0.15) is 10.2 Å². The molecule has 176 valence electrons. The number of nitrogens with one attached hydrogen (secondary N) is 1. The van der Waals surface area contributed by atoms with Gasteiger partial charge in [0.25, 0.3) is 0 Å². The number of aliphatic hydroxyl groups is 1. The fourth-order valence-electron chi connectivity index (χ4n) is 4.60. The molecule has 0 amide bonds. The fraction of sp³-hybridized carbons (Fsp3) is 0.333. The molecule has 0 bridgehead atoms. The molecule has 0 radical (unpaired) electrons. The highest BCUT2D eigenvalue weighted by Gasteiger charge is 2.42. The van der Waals surface area contributed by atoms with E-state index in [1.807, 2.05) is 27.8 Å². The van der Waals surface area contributed by atoms with Gasteiger partial charge in [0.1, 0.15) is 23.6 Å². The highest BCUT2D eigenvalue weighted by atomic mass is 19.1. The maximum Gasteiger partial charge on any atom is 0.159 e. The van der Waals surface area contributed by atoms with Crippen molar-refractivity contribution in [1.29, 1.82) is 0 Å². The van der Waals surface area contributed by atoms with Crippen molar-refractivity contribution in [1.82, 2.24) is 29.5 Å². The van der Waals surface area contributed by atoms with Gasteiger partial charge in [-0.25, -0.2) is 19.0 Å². The normalized spacial score (nSPS) is 14.8. The topological polar surface area (TPSA) is 103 Å². The molecule has 1 aromatic carbocycles. The third-order valence-corrected chi connectivity index (χ3v) is 6.17. The van der Waals surface area contributed by atoms with Crippen LogP contribution in [0.5, 0.6) is 0 Å². The third kappa shape index (κ3) is 3.64. The summed E-state index contributed by atoms with van der Waals surface area (Å²) in [5.74, 6) is 1.52. The van der Waals surface area contributed by atoms with Gasteiger partial charge in [0, 0.05) is 35.5 Å². The first-order valence-corrected chi connectivity index (χ1v) is 11.1. The lowest BCUT2D eigenvalue weighted by atomic mass is 9.90. The van der Waals surface area contributed by atoms with Gasteiger partial charge in [-0.05, 0) is 44.5 Å². The highest BCUT2D eigenvalue weighted by Crippen LogP contribution is 2.35. The zero-order valence-electron chi connectivity index (χ0n) is 19.5. The van der Waals surface area contributed by atoms with Crippen LogP contribution in [0.2, 0.25) is 0 Å². The Morgan fingerprint density at radius 1 is 1.15 bits per heavy atom. The van der Waals surface area contributed by atoms with Crippen molar-refractivity contribution < 1.29 is 14.2 Å². The summed E-state index contributed by atoms with van der Waals surface area (Å²) in [4.78, 5) is 8.75. The van der Waals surface area contributed by atoms with Crippen LogP contribution in [-0.4, -0.2) is 47.8 Å². The molecule has 5 rings (SSSR count). The summed E-state index contributed by atoms with van der Waals surface area (Å²) < 4.78 is 22.1. The number of aryl methyl sites for hydroxylation is 2. The fourth-order valence-corrected chi connectivity index (χ4v) is 4.60. The Hall–Kier alpha value is -3.63. The number of hydrogen-bond donors (Lipinski definition) is 2. The second-order valence-electron chi connectivity index (χ2n) is 8.53. The minimum Gasteiger partial charge on any atom is -0.380 e. The van der Waals surface area contributed by atoms with E-state index < -0.39 is 5.60 Å². The molecule has 1 aliphatic heterocycles. The quantitative estimate of drug-likeness (QED) is 0.452. The molecule has 3 aromatic heterocycles. The summed E-state index contributed by atoms with van der Waals surface area (Å²) in [6.07, 6.45) is 2.19. The minimum absolute atomic E-state index is 0.257. The summed E-state index contributed by atoms with van der Waals surface area (Å²) in [7, 11) is 1.86. The highest BCUT2D eigenvalue weighted by molar-refractivity contribution is 5.72. The lowest BCUT2D eigenvalue weighted by Crippen LogP contribution is -2.47. The second kappa shape index (κ2) is 8.30. The van der Waals surface area contributed by atoms with Crippen LogP contribution in [0.3, 0.4) is 0 Å². The molecule has 9 nitrogen and oxygen atoms in total. The molecular formula is C24H26FN7O2. The van der Waals surface area contributed by atoms with Crippen molar-refractivity contribution in [3.63, 3.8) is 0 Å². The summed E-state index contributed by atoms with van der Waals surface area (Å²) in [5, 5.41) is 23.3. The van der Waals surface area contributed by atoms with Gasteiger partial charge < -0.3 is 15.2 Å². The van der Waals surface area contributed by atoms with Crippen LogP contribution < -0.4 is 5.32 Å². The van der Waals surface area contributed by atoms with E-state index in [1.54, 1.807) is 27.6 Å². The van der Waals surface area contributed by atoms with Crippen molar-refractivity contribution in [2.45, 2.75) is 32.8 Å². The number of halogens is 1. The summed E-state index contributed by atoms with van der Waals surface area (Å²) in [6, 6.07) is 8.18. The maximum atomic E-state index is 13.4. The lowest BCUT2D eigenvalue weighted by molar-refractivity contribution is -0.185. The number of hydrogen-bond acceptors (Lipinski definition) is 7. The largest absolute Gasteiger partial charge is 0.380 e. The van der Waals surface area contributed by atoms with Crippen LogP contribution in [0.4, 0.5) is 16.0 Å². The first-order valence-electron chi connectivity index (χ1n) is 11.1. The van der Waals surface area contributed by atoms with Gasteiger partial charge in [-0.15, -0.1) is 0 Å². The van der Waals surface area contributed by atoms with Gasteiger partial charge in [-0.1, -0.05) is 6.92 Å². The SMILES string of the molecule is CCc1c(Nc2cc(-n3nc(C)c(C4(O)COC4)c3C)ncn2)nn(C)c1-c1ccc(F)cc1. The Bertz CT molecular complexity index is 1360. The van der Waals surface area contributed by atoms with Crippen molar-refractivity contribution >= 4 is 11.6 Å². The first kappa shape index (κ1) is 22.2. The molecule has 0 atom stereocenters. The van der Waals surface area contributed by atoms with Gasteiger partial charge in [0.05, 0.1) is 24.6 Å². The molecule has 0 spiro atoms. The molecular weight excluding hydrogens is 437 g/mol. The molecule has 4 aromatic rings. The molecule has 0 unspecified atom stereocenters. The third-order valence-electron chi connectivity index (χ3n) is 6.17. The molecule has 0 aliphatic carbocycles. The number of aromatic nitrogens is 6. The van der Waals surface area contributed by atoms with Gasteiger partial charge in [0.15, 0.2) is 11.6 Å². The van der Waals surface area contributed by atoms with Crippen LogP contribution in [0.1, 0.15) is 29.4 Å². The van der Waals surface area contributed by atoms with Gasteiger partial charge in [0.2, 0.25) is 0 Å². The number of ether oxygens (including phenoxy) is 1. The molecule has 1 aliphatic rings. The van der Waals surface area contributed by atoms with Crippen molar-refractivity contribution in [2.75, 3.05) is 18.5 Å². The number of benzene rings is 1. The van der Waals surface area contributed by atoms with E-state index in [2.05, 4.69) is 25.5 Å². The lowest BCUT2D eigenvalue weighted by Gasteiger charge is -2.36. The van der Waals surface area contributed by atoms with Gasteiger partial charge >= 0.3 is 0 Å². The zero-order chi connectivity index (χ0) is 24.0. The van der Waals surface area contributed by atoms with Crippen LogP contribution in [0.25, 0.3) is 17.1 Å². The monoisotopic (exact) mass is 463 g/mol. The number of anilines is 2. The molecule has 10 heteroatoms. The number of rotatable bonds is 6. The maximum absolute atomic E-state index is 13.4. The molecule has 2 N–H and O–H groups in total. The average molecular weight is 464 g/mol. The molecule has 1 fully saturated rings. The van der Waals surface area contributed by atoms with E-state index in [-0.39, 0.29) is 19.0 Å².